The lowest BCUT2D eigenvalue weighted by molar-refractivity contribution is 0.189. The predicted octanol–water partition coefficient (Wildman–Crippen LogP) is 3.79. The van der Waals surface area contributed by atoms with Gasteiger partial charge in [-0.05, 0) is 36.5 Å². The maximum absolute atomic E-state index is 5.02. The number of nitrogens with one attached hydrogen (secondary N) is 1. The topological polar surface area (TPSA) is 63.3 Å². The summed E-state index contributed by atoms with van der Waals surface area (Å²) in [4.78, 5) is 11.7. The first-order valence-electron chi connectivity index (χ1n) is 10.8. The third-order valence-corrected chi connectivity index (χ3v) is 5.87. The number of nitrogens with zero attached hydrogens (tertiary/aromatic N) is 6. The van der Waals surface area contributed by atoms with Crippen LogP contribution in [-0.2, 0) is 13.1 Å². The van der Waals surface area contributed by atoms with Gasteiger partial charge in [0, 0.05) is 44.4 Å². The molecule has 3 heterocycles. The van der Waals surface area contributed by atoms with Crippen LogP contribution in [-0.4, -0.2) is 49.8 Å². The van der Waals surface area contributed by atoms with E-state index < -0.39 is 0 Å². The molecular weight excluding hydrogens is 501 g/mol. The molecule has 3 aromatic rings. The summed E-state index contributed by atoms with van der Waals surface area (Å²) in [6, 6.07) is 10.9. The molecule has 1 fully saturated rings. The van der Waals surface area contributed by atoms with E-state index in [0.29, 0.717) is 18.5 Å². The molecule has 4 rings (SSSR count). The SMILES string of the molecule is CCNC(=NCc1ccccc1Cn1cccn1)N1CCC(C)C(n2ccnc2)C1.I. The van der Waals surface area contributed by atoms with E-state index in [1.807, 2.05) is 35.7 Å². The Kier molecular flexibility index (Phi) is 8.51. The third kappa shape index (κ3) is 5.87. The lowest BCUT2D eigenvalue weighted by Gasteiger charge is -2.39. The smallest absolute Gasteiger partial charge is 0.194 e. The highest BCUT2D eigenvalue weighted by Gasteiger charge is 2.28. The standard InChI is InChI=1S/C23H31N7.HI/c1-3-25-23(28-13-9-19(2)22(17-28)29-14-11-24-18-29)26-15-20-7-4-5-8-21(20)16-30-12-6-10-27-30;/h4-8,10-12,14,18-19,22H,3,9,13,15-17H2,1-2H3,(H,25,26);1H. The number of aromatic nitrogens is 4. The summed E-state index contributed by atoms with van der Waals surface area (Å²) >= 11 is 0. The van der Waals surface area contributed by atoms with Crippen molar-refractivity contribution in [2.24, 2.45) is 10.9 Å². The molecule has 2 unspecified atom stereocenters. The molecule has 1 aliphatic rings. The molecule has 1 aliphatic heterocycles. The average Bonchev–Trinajstić information content (AvgIpc) is 3.47. The van der Waals surface area contributed by atoms with Crippen LogP contribution >= 0.6 is 24.0 Å². The molecule has 166 valence electrons. The summed E-state index contributed by atoms with van der Waals surface area (Å²) in [6.45, 7) is 8.69. The summed E-state index contributed by atoms with van der Waals surface area (Å²) in [7, 11) is 0. The van der Waals surface area contributed by atoms with Crippen molar-refractivity contribution in [3.05, 3.63) is 72.6 Å². The molecule has 0 bridgehead atoms. The highest BCUT2D eigenvalue weighted by atomic mass is 127. The summed E-state index contributed by atoms with van der Waals surface area (Å²) in [6.07, 6.45) is 10.8. The normalized spacial score (nSPS) is 19.2. The van der Waals surface area contributed by atoms with E-state index in [1.165, 1.54) is 11.1 Å². The third-order valence-electron chi connectivity index (χ3n) is 5.87. The van der Waals surface area contributed by atoms with Gasteiger partial charge in [-0.15, -0.1) is 24.0 Å². The number of guanidine groups is 1. The number of hydrogen-bond donors (Lipinski definition) is 1. The van der Waals surface area contributed by atoms with Gasteiger partial charge in [-0.1, -0.05) is 31.2 Å². The molecule has 7 nitrogen and oxygen atoms in total. The molecule has 0 saturated carbocycles. The van der Waals surface area contributed by atoms with E-state index in [1.54, 1.807) is 0 Å². The number of likely N-dealkylation sites (tertiary alicyclic amines) is 1. The maximum Gasteiger partial charge on any atom is 0.194 e. The molecule has 2 atom stereocenters. The van der Waals surface area contributed by atoms with Crippen molar-refractivity contribution in [3.63, 3.8) is 0 Å². The second-order valence-electron chi connectivity index (χ2n) is 7.93. The van der Waals surface area contributed by atoms with Gasteiger partial charge in [-0.25, -0.2) is 9.98 Å². The van der Waals surface area contributed by atoms with Crippen molar-refractivity contribution in [2.45, 2.75) is 39.4 Å². The number of imidazole rings is 1. The van der Waals surface area contributed by atoms with Gasteiger partial charge in [0.2, 0.25) is 0 Å². The number of benzene rings is 1. The number of hydrogen-bond acceptors (Lipinski definition) is 3. The van der Waals surface area contributed by atoms with Gasteiger partial charge < -0.3 is 14.8 Å². The van der Waals surface area contributed by atoms with Crippen LogP contribution < -0.4 is 5.32 Å². The van der Waals surface area contributed by atoms with Gasteiger partial charge in [0.25, 0.3) is 0 Å². The van der Waals surface area contributed by atoms with Crippen LogP contribution in [0.3, 0.4) is 0 Å². The van der Waals surface area contributed by atoms with Crippen LogP contribution in [0, 0.1) is 5.92 Å². The van der Waals surface area contributed by atoms with Crippen molar-refractivity contribution >= 4 is 29.9 Å². The molecule has 1 saturated heterocycles. The van der Waals surface area contributed by atoms with Gasteiger partial charge in [0.05, 0.1) is 25.5 Å². The fourth-order valence-corrected chi connectivity index (χ4v) is 4.12. The molecule has 31 heavy (non-hydrogen) atoms. The Balaban J connectivity index is 0.00000272. The average molecular weight is 533 g/mol. The second kappa shape index (κ2) is 11.3. The maximum atomic E-state index is 5.02. The van der Waals surface area contributed by atoms with Crippen LogP contribution in [0.25, 0.3) is 0 Å². The van der Waals surface area contributed by atoms with E-state index >= 15 is 0 Å². The van der Waals surface area contributed by atoms with Crippen molar-refractivity contribution in [1.29, 1.82) is 0 Å². The fourth-order valence-electron chi connectivity index (χ4n) is 4.12. The van der Waals surface area contributed by atoms with Gasteiger partial charge in [0.1, 0.15) is 0 Å². The van der Waals surface area contributed by atoms with E-state index in [2.05, 4.69) is 69.2 Å². The first kappa shape index (κ1) is 23.3. The highest BCUT2D eigenvalue weighted by molar-refractivity contribution is 14.0. The zero-order valence-corrected chi connectivity index (χ0v) is 20.6. The molecule has 1 aromatic carbocycles. The molecule has 0 aliphatic carbocycles. The molecule has 0 amide bonds. The molecule has 0 spiro atoms. The molecular formula is C23H32IN7. The van der Waals surface area contributed by atoms with Crippen LogP contribution in [0.15, 0.2) is 66.4 Å². The Labute approximate surface area is 201 Å². The molecule has 0 radical (unpaired) electrons. The van der Waals surface area contributed by atoms with E-state index in [4.69, 9.17) is 4.99 Å². The Bertz CT molecular complexity index is 937. The number of halogens is 1. The lowest BCUT2D eigenvalue weighted by Crippen LogP contribution is -2.49. The van der Waals surface area contributed by atoms with Gasteiger partial charge in [-0.2, -0.15) is 5.10 Å². The Hall–Kier alpha value is -2.36. The first-order valence-corrected chi connectivity index (χ1v) is 10.8. The molecule has 2 aromatic heterocycles. The lowest BCUT2D eigenvalue weighted by atomic mass is 9.93. The van der Waals surface area contributed by atoms with Crippen LogP contribution in [0.5, 0.6) is 0 Å². The quantitative estimate of drug-likeness (QED) is 0.298. The Morgan fingerprint density at radius 3 is 2.71 bits per heavy atom. The van der Waals surface area contributed by atoms with Crippen LogP contribution in [0.4, 0.5) is 0 Å². The van der Waals surface area contributed by atoms with Crippen molar-refractivity contribution in [2.75, 3.05) is 19.6 Å². The highest BCUT2D eigenvalue weighted by Crippen LogP contribution is 2.27. The minimum Gasteiger partial charge on any atom is -0.357 e. The minimum absolute atomic E-state index is 0. The minimum atomic E-state index is 0. The van der Waals surface area contributed by atoms with E-state index in [-0.39, 0.29) is 24.0 Å². The Morgan fingerprint density at radius 1 is 1.16 bits per heavy atom. The monoisotopic (exact) mass is 533 g/mol. The zero-order valence-electron chi connectivity index (χ0n) is 18.3. The summed E-state index contributed by atoms with van der Waals surface area (Å²) in [5, 5.41) is 7.85. The zero-order chi connectivity index (χ0) is 20.8. The van der Waals surface area contributed by atoms with Crippen molar-refractivity contribution in [3.8, 4) is 0 Å². The summed E-state index contributed by atoms with van der Waals surface area (Å²) in [5.74, 6) is 1.61. The summed E-state index contributed by atoms with van der Waals surface area (Å²) in [5.41, 5.74) is 2.49. The summed E-state index contributed by atoms with van der Waals surface area (Å²) < 4.78 is 4.19. The van der Waals surface area contributed by atoms with Gasteiger partial charge in [0.15, 0.2) is 5.96 Å². The number of aliphatic imine (C=N–C) groups is 1. The predicted molar refractivity (Wildman–Crippen MR) is 135 cm³/mol. The Morgan fingerprint density at radius 2 is 2.00 bits per heavy atom. The van der Waals surface area contributed by atoms with Crippen molar-refractivity contribution in [1.82, 2.24) is 29.5 Å². The molecule has 1 N–H and O–H groups in total. The first-order chi connectivity index (χ1) is 14.7. The van der Waals surface area contributed by atoms with Gasteiger partial charge in [-0.3, -0.25) is 4.68 Å². The number of piperidine rings is 1. The van der Waals surface area contributed by atoms with E-state index in [9.17, 15) is 0 Å². The number of rotatable bonds is 6. The van der Waals surface area contributed by atoms with Gasteiger partial charge >= 0.3 is 0 Å². The fraction of sp³-hybridized carbons (Fsp3) is 0.435. The van der Waals surface area contributed by atoms with Crippen LogP contribution in [0.2, 0.25) is 0 Å². The molecule has 8 heteroatoms. The second-order valence-corrected chi connectivity index (χ2v) is 7.93. The van der Waals surface area contributed by atoms with Crippen LogP contribution in [0.1, 0.15) is 37.4 Å². The van der Waals surface area contributed by atoms with Crippen molar-refractivity contribution < 1.29 is 0 Å². The largest absolute Gasteiger partial charge is 0.357 e. The van der Waals surface area contributed by atoms with E-state index in [0.717, 1.165) is 38.6 Å².